The minimum absolute atomic E-state index is 0.114. The van der Waals surface area contributed by atoms with E-state index in [1.807, 2.05) is 36.4 Å². The van der Waals surface area contributed by atoms with E-state index in [1.165, 1.54) is 0 Å². The number of nitrogens with zero attached hydrogens (tertiary/aromatic N) is 1. The molecule has 1 amide bonds. The Morgan fingerprint density at radius 1 is 1.00 bits per heavy atom. The number of nitrogens with one attached hydrogen (secondary N) is 2. The minimum Gasteiger partial charge on any atom is -0.353 e. The maximum Gasteiger partial charge on any atom is 0.229 e. The molecule has 1 heterocycles. The van der Waals surface area contributed by atoms with Gasteiger partial charge in [-0.1, -0.05) is 53.5 Å². The van der Waals surface area contributed by atoms with Crippen molar-refractivity contribution in [2.24, 2.45) is 0 Å². The van der Waals surface area contributed by atoms with Gasteiger partial charge in [0.15, 0.2) is 0 Å². The van der Waals surface area contributed by atoms with E-state index < -0.39 is 0 Å². The first kappa shape index (κ1) is 17.3. The highest BCUT2D eigenvalue weighted by molar-refractivity contribution is 6.35. The summed E-state index contributed by atoms with van der Waals surface area (Å²) in [5.41, 5.74) is 2.39. The number of aromatic nitrogens is 1. The van der Waals surface area contributed by atoms with Crippen LogP contribution in [0, 0.1) is 0 Å². The Bertz CT molecular complexity index is 868. The molecular formula is C19H15Cl2N3O. The van der Waals surface area contributed by atoms with Crippen LogP contribution in [0.2, 0.25) is 10.0 Å². The molecule has 0 atom stereocenters. The molecule has 0 saturated heterocycles. The molecule has 0 fully saturated rings. The number of carbonyl (C=O) groups is 1. The molecule has 0 aliphatic carbocycles. The maximum atomic E-state index is 12.0. The smallest absolute Gasteiger partial charge is 0.229 e. The number of pyridine rings is 1. The summed E-state index contributed by atoms with van der Waals surface area (Å²) in [6, 6.07) is 18.3. The highest BCUT2D eigenvalue weighted by Crippen LogP contribution is 2.28. The number of benzene rings is 2. The minimum atomic E-state index is -0.114. The Morgan fingerprint density at radius 2 is 1.80 bits per heavy atom. The number of carbonyl (C=O) groups excluding carboxylic acids is 1. The Labute approximate surface area is 155 Å². The van der Waals surface area contributed by atoms with Crippen LogP contribution in [0.4, 0.5) is 17.2 Å². The first-order valence-electron chi connectivity index (χ1n) is 7.62. The third-order valence-corrected chi connectivity index (χ3v) is 4.01. The molecule has 3 rings (SSSR count). The van der Waals surface area contributed by atoms with E-state index in [1.54, 1.807) is 30.5 Å². The van der Waals surface area contributed by atoms with E-state index >= 15 is 0 Å². The van der Waals surface area contributed by atoms with Crippen molar-refractivity contribution in [3.8, 4) is 0 Å². The second-order valence-electron chi connectivity index (χ2n) is 5.39. The number of anilines is 3. The van der Waals surface area contributed by atoms with Gasteiger partial charge in [0.05, 0.1) is 29.0 Å². The van der Waals surface area contributed by atoms with E-state index in [4.69, 9.17) is 23.2 Å². The van der Waals surface area contributed by atoms with E-state index in [0.717, 1.165) is 11.3 Å². The highest BCUT2D eigenvalue weighted by atomic mass is 35.5. The van der Waals surface area contributed by atoms with Crippen molar-refractivity contribution in [2.45, 2.75) is 6.42 Å². The number of hydrogen-bond acceptors (Lipinski definition) is 3. The van der Waals surface area contributed by atoms with E-state index in [0.29, 0.717) is 28.0 Å². The fourth-order valence-corrected chi connectivity index (χ4v) is 2.60. The molecular weight excluding hydrogens is 357 g/mol. The molecule has 0 saturated carbocycles. The van der Waals surface area contributed by atoms with Gasteiger partial charge < -0.3 is 10.6 Å². The third kappa shape index (κ3) is 4.95. The summed E-state index contributed by atoms with van der Waals surface area (Å²) in [7, 11) is 0. The Hall–Kier alpha value is -2.56. The van der Waals surface area contributed by atoms with Crippen LogP contribution in [-0.2, 0) is 11.2 Å². The number of amides is 1. The predicted octanol–water partition coefficient (Wildman–Crippen LogP) is 5.31. The fourth-order valence-electron chi connectivity index (χ4n) is 2.26. The molecule has 6 heteroatoms. The van der Waals surface area contributed by atoms with Crippen LogP contribution in [0.1, 0.15) is 5.56 Å². The van der Waals surface area contributed by atoms with Crippen LogP contribution in [-0.4, -0.2) is 10.9 Å². The number of halogens is 2. The topological polar surface area (TPSA) is 54.0 Å². The molecule has 25 heavy (non-hydrogen) atoms. The van der Waals surface area contributed by atoms with Crippen LogP contribution in [0.3, 0.4) is 0 Å². The molecule has 3 aromatic rings. The maximum absolute atomic E-state index is 12.0. The van der Waals surface area contributed by atoms with Gasteiger partial charge in [0.25, 0.3) is 0 Å². The standard InChI is InChI=1S/C19H15Cl2N3O/c20-14-6-8-16(21)17(11-14)23-15-7-9-18(22-12-15)24-19(25)10-13-4-2-1-3-5-13/h1-9,11-12,23H,10H2,(H,22,24,25). The fraction of sp³-hybridized carbons (Fsp3) is 0.0526. The Morgan fingerprint density at radius 3 is 2.52 bits per heavy atom. The van der Waals surface area contributed by atoms with Gasteiger partial charge in [-0.3, -0.25) is 4.79 Å². The van der Waals surface area contributed by atoms with Gasteiger partial charge in [-0.05, 0) is 35.9 Å². The molecule has 0 bridgehead atoms. The summed E-state index contributed by atoms with van der Waals surface area (Å²) in [5.74, 6) is 0.376. The van der Waals surface area contributed by atoms with Gasteiger partial charge in [0, 0.05) is 5.02 Å². The van der Waals surface area contributed by atoms with Gasteiger partial charge in [-0.15, -0.1) is 0 Å². The zero-order chi connectivity index (χ0) is 17.6. The lowest BCUT2D eigenvalue weighted by Crippen LogP contribution is -2.15. The van der Waals surface area contributed by atoms with Gasteiger partial charge in [-0.25, -0.2) is 4.98 Å². The highest BCUT2D eigenvalue weighted by Gasteiger charge is 2.06. The van der Waals surface area contributed by atoms with Crippen molar-refractivity contribution < 1.29 is 4.79 Å². The van der Waals surface area contributed by atoms with Crippen LogP contribution in [0.15, 0.2) is 66.9 Å². The van der Waals surface area contributed by atoms with Crippen molar-refractivity contribution in [3.63, 3.8) is 0 Å². The summed E-state index contributed by atoms with van der Waals surface area (Å²) in [6.45, 7) is 0. The second kappa shape index (κ2) is 8.01. The SMILES string of the molecule is O=C(Cc1ccccc1)Nc1ccc(Nc2cc(Cl)ccc2Cl)cn1. The normalized spacial score (nSPS) is 10.3. The molecule has 4 nitrogen and oxygen atoms in total. The van der Waals surface area contributed by atoms with E-state index in [2.05, 4.69) is 15.6 Å². The molecule has 0 aliphatic rings. The lowest BCUT2D eigenvalue weighted by Gasteiger charge is -2.10. The van der Waals surface area contributed by atoms with Gasteiger partial charge >= 0.3 is 0 Å². The molecule has 0 spiro atoms. The molecule has 0 unspecified atom stereocenters. The molecule has 2 N–H and O–H groups in total. The van der Waals surface area contributed by atoms with Gasteiger partial charge in [-0.2, -0.15) is 0 Å². The second-order valence-corrected chi connectivity index (χ2v) is 6.24. The summed E-state index contributed by atoms with van der Waals surface area (Å²) >= 11 is 12.1. The number of hydrogen-bond donors (Lipinski definition) is 2. The lowest BCUT2D eigenvalue weighted by molar-refractivity contribution is -0.115. The van der Waals surface area contributed by atoms with E-state index in [-0.39, 0.29) is 5.91 Å². The first-order valence-corrected chi connectivity index (χ1v) is 8.38. The lowest BCUT2D eigenvalue weighted by atomic mass is 10.1. The van der Waals surface area contributed by atoms with Crippen LogP contribution in [0.25, 0.3) is 0 Å². The van der Waals surface area contributed by atoms with Crippen molar-refractivity contribution in [1.82, 2.24) is 4.98 Å². The Balaban J connectivity index is 1.62. The zero-order valence-electron chi connectivity index (χ0n) is 13.2. The van der Waals surface area contributed by atoms with Gasteiger partial charge in [0.2, 0.25) is 5.91 Å². The van der Waals surface area contributed by atoms with Crippen LogP contribution >= 0.6 is 23.2 Å². The molecule has 0 radical (unpaired) electrons. The predicted molar refractivity (Wildman–Crippen MR) is 103 cm³/mol. The monoisotopic (exact) mass is 371 g/mol. The van der Waals surface area contributed by atoms with Crippen molar-refractivity contribution >= 4 is 46.3 Å². The van der Waals surface area contributed by atoms with E-state index in [9.17, 15) is 4.79 Å². The average Bonchev–Trinajstić information content (AvgIpc) is 2.61. The van der Waals surface area contributed by atoms with Crippen molar-refractivity contribution in [3.05, 3.63) is 82.5 Å². The average molecular weight is 372 g/mol. The van der Waals surface area contributed by atoms with Crippen molar-refractivity contribution in [2.75, 3.05) is 10.6 Å². The molecule has 126 valence electrons. The molecule has 2 aromatic carbocycles. The first-order chi connectivity index (χ1) is 12.1. The van der Waals surface area contributed by atoms with Crippen LogP contribution in [0.5, 0.6) is 0 Å². The molecule has 1 aromatic heterocycles. The summed E-state index contributed by atoms with van der Waals surface area (Å²) in [6.07, 6.45) is 1.93. The number of rotatable bonds is 5. The summed E-state index contributed by atoms with van der Waals surface area (Å²) in [4.78, 5) is 16.3. The van der Waals surface area contributed by atoms with Crippen molar-refractivity contribution in [1.29, 1.82) is 0 Å². The zero-order valence-corrected chi connectivity index (χ0v) is 14.7. The largest absolute Gasteiger partial charge is 0.353 e. The summed E-state index contributed by atoms with van der Waals surface area (Å²) in [5, 5.41) is 7.07. The van der Waals surface area contributed by atoms with Crippen LogP contribution < -0.4 is 10.6 Å². The Kier molecular flexibility index (Phi) is 5.53. The quantitative estimate of drug-likeness (QED) is 0.638. The molecule has 0 aliphatic heterocycles. The third-order valence-electron chi connectivity index (χ3n) is 3.45. The van der Waals surface area contributed by atoms with Gasteiger partial charge in [0.1, 0.15) is 5.82 Å². The summed E-state index contributed by atoms with van der Waals surface area (Å²) < 4.78 is 0.